The molecule has 0 aromatic heterocycles. The quantitative estimate of drug-likeness (QED) is 0.0250. The van der Waals surface area contributed by atoms with Crippen LogP contribution < -0.4 is 59.5 Å². The van der Waals surface area contributed by atoms with Gasteiger partial charge in [-0.3, -0.25) is 77.1 Å². The molecule has 101 heavy (non-hydrogen) atoms. The van der Waals surface area contributed by atoms with E-state index in [1.807, 2.05) is 20.8 Å². The molecule has 0 spiro atoms. The van der Waals surface area contributed by atoms with Crippen molar-refractivity contribution in [2.45, 2.75) is 153 Å². The SMILES string of the molecule is CC[C@H](C)[C@H](NC(=O)[C@H](CC(C)C)NC(=O)COCCOCCNc1c(NCCCC(C(=O)O)N2CCN(CC(=O)O)CCN(CC(=O)O)CCN(CC(=O)O)CC2)c(=O)c1=O)C(=O)N[C@@H](CCCCN)C(=O)N[C@@H](CCCCN)C(=O)N1CCC[C@H]1C(=O)N[C@@H](Cc1ccccc1)C(=O)O. The van der Waals surface area contributed by atoms with Gasteiger partial charge in [0.2, 0.25) is 35.4 Å². The van der Waals surface area contributed by atoms with Crippen molar-refractivity contribution in [3.8, 4) is 0 Å². The number of carbonyl (C=O) groups excluding carboxylic acids is 6. The number of benzene rings is 1. The summed E-state index contributed by atoms with van der Waals surface area (Å²) in [7, 11) is 0. The van der Waals surface area contributed by atoms with E-state index >= 15 is 0 Å². The molecule has 0 radical (unpaired) electrons. The zero-order valence-corrected chi connectivity index (χ0v) is 58.7. The third-order valence-corrected chi connectivity index (χ3v) is 17.7. The number of anilines is 2. The minimum absolute atomic E-state index is 0.00286. The maximum Gasteiger partial charge on any atom is 0.326 e. The van der Waals surface area contributed by atoms with Crippen LogP contribution in [0.3, 0.4) is 0 Å². The molecule has 2 aromatic rings. The first-order valence-corrected chi connectivity index (χ1v) is 34.9. The molecule has 2 heterocycles. The maximum atomic E-state index is 14.4. The molecule has 2 aliphatic rings. The summed E-state index contributed by atoms with van der Waals surface area (Å²) >= 11 is 0. The van der Waals surface area contributed by atoms with E-state index in [9.17, 15) is 87.9 Å². The first-order valence-electron chi connectivity index (χ1n) is 34.9. The lowest BCUT2D eigenvalue weighted by atomic mass is 9.96. The lowest BCUT2D eigenvalue weighted by Gasteiger charge is -2.35. The molecule has 2 aromatic carbocycles. The van der Waals surface area contributed by atoms with Crippen LogP contribution in [0.5, 0.6) is 0 Å². The molecule has 34 nitrogen and oxygen atoms in total. The first kappa shape index (κ1) is 85.2. The van der Waals surface area contributed by atoms with E-state index in [2.05, 4.69) is 37.2 Å². The summed E-state index contributed by atoms with van der Waals surface area (Å²) in [5, 5.41) is 68.6. The van der Waals surface area contributed by atoms with Crippen molar-refractivity contribution in [3.05, 3.63) is 56.3 Å². The van der Waals surface area contributed by atoms with Gasteiger partial charge in [-0.1, -0.05) is 64.4 Å². The molecule has 566 valence electrons. The molecular weight excluding hydrogens is 1320 g/mol. The van der Waals surface area contributed by atoms with Crippen LogP contribution in [0.4, 0.5) is 11.4 Å². The second-order valence-electron chi connectivity index (χ2n) is 26.1. The van der Waals surface area contributed by atoms with E-state index in [1.54, 1.807) is 56.9 Å². The minimum atomic E-state index is -1.27. The standard InChI is InChI=1S/C67H108N14O20/c1-5-44(4)56(64(94)73-46(17-9-11-21-68)61(91)74-47(18-10-12-22-69)65(95)81-25-14-20-50(81)63(93)75-49(66(96)97)38-45-15-7-6-8-16-45)76-62(92)48(37-43(2)3)72-52(82)42-101-36-35-100-34-24-71-58-57(59(89)60(58)90)70-23-13-19-51(67(98)99)80-32-30-78(40-54(85)86)28-26-77(39-53(83)84)27-29-79(31-33-80)41-55(87)88/h6-8,15-16,43-44,46-51,56,70-71H,5,9-14,17-42,68-69H2,1-4H3,(H,72,82)(H,73,94)(H,74,91)(H,75,93)(H,76,92)(H,83,84)(H,85,86)(H,87,88)(H,96,97)(H,98,99)/t44-,46-,47-,48-,49-,50-,51?,56-/m0/s1. The second kappa shape index (κ2) is 45.6. The molecule has 0 saturated carbocycles. The van der Waals surface area contributed by atoms with Gasteiger partial charge in [0.15, 0.2) is 0 Å². The summed E-state index contributed by atoms with van der Waals surface area (Å²) < 4.78 is 11.2. The van der Waals surface area contributed by atoms with E-state index in [-0.39, 0.29) is 180 Å². The van der Waals surface area contributed by atoms with Gasteiger partial charge in [-0.05, 0) is 101 Å². The van der Waals surface area contributed by atoms with Crippen molar-refractivity contribution in [1.29, 1.82) is 0 Å². The number of amides is 6. The lowest BCUT2D eigenvalue weighted by molar-refractivity contribution is -0.145. The number of nitrogens with two attached hydrogens (primary N) is 2. The van der Waals surface area contributed by atoms with Gasteiger partial charge in [-0.15, -0.1) is 0 Å². The number of hydrogen-bond acceptors (Lipinski definition) is 23. The number of carbonyl (C=O) groups is 11. The van der Waals surface area contributed by atoms with Crippen LogP contribution in [0.1, 0.15) is 110 Å². The zero-order chi connectivity index (χ0) is 74.6. The fraction of sp³-hybridized carbons (Fsp3) is 0.687. The lowest BCUT2D eigenvalue weighted by Crippen LogP contribution is -2.60. The number of nitrogens with one attached hydrogen (secondary N) is 7. The first-order chi connectivity index (χ1) is 48.2. The molecule has 2 aliphatic heterocycles. The molecule has 34 heteroatoms. The van der Waals surface area contributed by atoms with Crippen molar-refractivity contribution in [2.24, 2.45) is 23.3 Å². The second-order valence-corrected chi connectivity index (χ2v) is 26.1. The summed E-state index contributed by atoms with van der Waals surface area (Å²) in [6.45, 7) is 7.59. The predicted octanol–water partition coefficient (Wildman–Crippen LogP) is -2.06. The summed E-state index contributed by atoms with van der Waals surface area (Å²) in [5.74, 6) is -10.3. The number of ether oxygens (including phenoxy) is 2. The Balaban J connectivity index is 1.29. The highest BCUT2D eigenvalue weighted by Crippen LogP contribution is 2.22. The van der Waals surface area contributed by atoms with E-state index in [1.165, 1.54) is 4.90 Å². The monoisotopic (exact) mass is 1430 g/mol. The average molecular weight is 1430 g/mol. The molecule has 6 amide bonds. The van der Waals surface area contributed by atoms with Gasteiger partial charge in [-0.2, -0.15) is 0 Å². The van der Waals surface area contributed by atoms with Crippen molar-refractivity contribution < 1.29 is 87.7 Å². The van der Waals surface area contributed by atoms with Crippen molar-refractivity contribution >= 4 is 76.7 Å². The number of nitrogens with zero attached hydrogens (tertiary/aromatic N) is 5. The van der Waals surface area contributed by atoms with Gasteiger partial charge in [0.25, 0.3) is 10.9 Å². The van der Waals surface area contributed by atoms with Crippen LogP contribution in [0.25, 0.3) is 0 Å². The zero-order valence-electron chi connectivity index (χ0n) is 58.7. The predicted molar refractivity (Wildman–Crippen MR) is 371 cm³/mol. The Bertz CT molecular complexity index is 3030. The van der Waals surface area contributed by atoms with Crippen LogP contribution in [-0.4, -0.2) is 289 Å². The van der Waals surface area contributed by atoms with Crippen LogP contribution in [-0.2, 0) is 68.6 Å². The molecule has 2 fully saturated rings. The van der Waals surface area contributed by atoms with Crippen molar-refractivity contribution in [1.82, 2.24) is 51.1 Å². The topological polar surface area (TPSA) is 494 Å². The van der Waals surface area contributed by atoms with Crippen LogP contribution in [0, 0.1) is 11.8 Å². The van der Waals surface area contributed by atoms with Gasteiger partial charge < -0.3 is 88.6 Å². The fourth-order valence-electron chi connectivity index (χ4n) is 12.0. The van der Waals surface area contributed by atoms with Gasteiger partial charge in [-0.25, -0.2) is 4.79 Å². The Morgan fingerprint density at radius 2 is 1.08 bits per heavy atom. The Kier molecular flexibility index (Phi) is 38.4. The summed E-state index contributed by atoms with van der Waals surface area (Å²) in [4.78, 5) is 177. The van der Waals surface area contributed by atoms with Crippen LogP contribution >= 0.6 is 0 Å². The molecular formula is C67H108N14O20. The number of hydrogen-bond donors (Lipinski definition) is 14. The molecule has 4 rings (SSSR count). The molecule has 16 N–H and O–H groups in total. The normalized spacial score (nSPS) is 17.4. The molecule has 0 bridgehead atoms. The van der Waals surface area contributed by atoms with E-state index in [4.69, 9.17) is 20.9 Å². The number of rotatable bonds is 47. The number of unbranched alkanes of at least 4 members (excludes halogenated alkanes) is 2. The summed E-state index contributed by atoms with van der Waals surface area (Å²) in [6.07, 6.45) is 3.64. The minimum Gasteiger partial charge on any atom is -0.480 e. The van der Waals surface area contributed by atoms with Gasteiger partial charge >= 0.3 is 29.8 Å². The van der Waals surface area contributed by atoms with Gasteiger partial charge in [0, 0.05) is 78.4 Å². The molecule has 0 aliphatic carbocycles. The molecule has 8 atom stereocenters. The van der Waals surface area contributed by atoms with Crippen LogP contribution in [0.15, 0.2) is 39.9 Å². The van der Waals surface area contributed by atoms with Gasteiger partial charge in [0.05, 0.1) is 39.5 Å². The van der Waals surface area contributed by atoms with Crippen molar-refractivity contribution in [3.63, 3.8) is 0 Å². The Morgan fingerprint density at radius 1 is 0.554 bits per heavy atom. The number of carboxylic acid groups (broad SMARTS) is 5. The molecule has 1 unspecified atom stereocenters. The Labute approximate surface area is 588 Å². The Hall–Kier alpha value is -8.25. The van der Waals surface area contributed by atoms with E-state index in [0.717, 1.165) is 0 Å². The maximum absolute atomic E-state index is 14.4. The Morgan fingerprint density at radius 3 is 1.60 bits per heavy atom. The highest BCUT2D eigenvalue weighted by Gasteiger charge is 2.41. The number of likely N-dealkylation sites (tertiary alicyclic amines) is 1. The highest BCUT2D eigenvalue weighted by molar-refractivity contribution is 5.97. The number of carboxylic acids is 5. The fourth-order valence-corrected chi connectivity index (χ4v) is 12.0. The highest BCUT2D eigenvalue weighted by atomic mass is 16.5. The van der Waals surface area contributed by atoms with Gasteiger partial charge in [0.1, 0.15) is 60.3 Å². The summed E-state index contributed by atoms with van der Waals surface area (Å²) in [5.41, 5.74) is 10.8. The number of aliphatic carboxylic acids is 5. The van der Waals surface area contributed by atoms with Crippen molar-refractivity contribution in [2.75, 3.05) is 142 Å². The van der Waals surface area contributed by atoms with E-state index < -0.39 is 131 Å². The van der Waals surface area contributed by atoms with Crippen LogP contribution in [0.2, 0.25) is 0 Å². The molecule has 2 saturated heterocycles. The third-order valence-electron chi connectivity index (χ3n) is 17.7. The smallest absolute Gasteiger partial charge is 0.326 e. The average Bonchev–Trinajstić information content (AvgIpc) is 1.02. The summed E-state index contributed by atoms with van der Waals surface area (Å²) in [6, 6.07) is 0.735. The largest absolute Gasteiger partial charge is 0.480 e. The third kappa shape index (κ3) is 30.5. The van der Waals surface area contributed by atoms with E-state index in [0.29, 0.717) is 50.6 Å².